The topological polar surface area (TPSA) is 67.8 Å². The molecule has 18 heavy (non-hydrogen) atoms. The predicted molar refractivity (Wildman–Crippen MR) is 66.2 cm³/mol. The molecule has 1 atom stereocenters. The van der Waals surface area contributed by atoms with Crippen LogP contribution in [0.25, 0.3) is 0 Å². The Hall–Kier alpha value is -1.46. The minimum atomic E-state index is -0.295. The highest BCUT2D eigenvalue weighted by Gasteiger charge is 2.21. The summed E-state index contributed by atoms with van der Waals surface area (Å²) < 4.78 is 10.4. The van der Waals surface area contributed by atoms with Gasteiger partial charge >= 0.3 is 0 Å². The molecule has 1 aromatic carbocycles. The van der Waals surface area contributed by atoms with Gasteiger partial charge in [0.2, 0.25) is 6.79 Å². The highest BCUT2D eigenvalue weighted by atomic mass is 35.5. The van der Waals surface area contributed by atoms with E-state index in [2.05, 4.69) is 5.32 Å². The fraction of sp³-hybridized carbons (Fsp3) is 0.417. The second-order valence-corrected chi connectivity index (χ2v) is 4.36. The molecule has 1 aromatic rings. The molecule has 0 saturated carbocycles. The van der Waals surface area contributed by atoms with Crippen molar-refractivity contribution in [2.45, 2.75) is 19.4 Å². The Balaban J connectivity index is 2.19. The smallest absolute Gasteiger partial charge is 0.251 e. The van der Waals surface area contributed by atoms with Gasteiger partial charge in [0.1, 0.15) is 0 Å². The summed E-state index contributed by atoms with van der Waals surface area (Å²) in [4.78, 5) is 11.9. The Morgan fingerprint density at radius 2 is 2.33 bits per heavy atom. The monoisotopic (exact) mass is 271 g/mol. The van der Waals surface area contributed by atoms with E-state index in [0.717, 1.165) is 0 Å². The zero-order valence-corrected chi connectivity index (χ0v) is 10.7. The lowest BCUT2D eigenvalue weighted by Gasteiger charge is -2.14. The van der Waals surface area contributed by atoms with Crippen LogP contribution in [0.5, 0.6) is 11.5 Å². The van der Waals surface area contributed by atoms with E-state index < -0.39 is 0 Å². The lowest BCUT2D eigenvalue weighted by Crippen LogP contribution is -2.36. The number of carbonyl (C=O) groups excluding carboxylic acids is 1. The zero-order valence-electron chi connectivity index (χ0n) is 9.90. The van der Waals surface area contributed by atoms with Crippen molar-refractivity contribution in [2.24, 2.45) is 0 Å². The quantitative estimate of drug-likeness (QED) is 0.872. The van der Waals surface area contributed by atoms with Gasteiger partial charge in [0, 0.05) is 5.56 Å². The van der Waals surface area contributed by atoms with E-state index in [9.17, 15) is 4.79 Å². The van der Waals surface area contributed by atoms with E-state index >= 15 is 0 Å². The Morgan fingerprint density at radius 3 is 3.00 bits per heavy atom. The van der Waals surface area contributed by atoms with Gasteiger partial charge < -0.3 is 19.9 Å². The van der Waals surface area contributed by atoms with Crippen molar-refractivity contribution in [3.05, 3.63) is 22.7 Å². The Kier molecular flexibility index (Phi) is 3.93. The number of aliphatic hydroxyl groups excluding tert-OH is 1. The maximum absolute atomic E-state index is 11.9. The third-order valence-electron chi connectivity index (χ3n) is 2.74. The molecular weight excluding hydrogens is 258 g/mol. The number of benzene rings is 1. The molecule has 2 rings (SSSR count). The number of aliphatic hydroxyl groups is 1. The van der Waals surface area contributed by atoms with E-state index in [1.165, 1.54) is 6.07 Å². The largest absolute Gasteiger partial charge is 0.454 e. The van der Waals surface area contributed by atoms with Crippen LogP contribution in [-0.2, 0) is 0 Å². The summed E-state index contributed by atoms with van der Waals surface area (Å²) in [5.41, 5.74) is 0.385. The molecule has 1 heterocycles. The summed E-state index contributed by atoms with van der Waals surface area (Å²) in [5.74, 6) is 0.628. The number of hydrogen-bond acceptors (Lipinski definition) is 4. The molecule has 1 amide bonds. The molecule has 0 unspecified atom stereocenters. The average molecular weight is 272 g/mol. The molecule has 1 aliphatic rings. The first-order chi connectivity index (χ1) is 8.65. The molecule has 1 aliphatic heterocycles. The van der Waals surface area contributed by atoms with Crippen LogP contribution < -0.4 is 14.8 Å². The van der Waals surface area contributed by atoms with Crippen molar-refractivity contribution < 1.29 is 19.4 Å². The number of ether oxygens (including phenoxy) is 2. The molecule has 2 N–H and O–H groups in total. The van der Waals surface area contributed by atoms with E-state index in [1.54, 1.807) is 6.07 Å². The van der Waals surface area contributed by atoms with Gasteiger partial charge in [-0.25, -0.2) is 0 Å². The summed E-state index contributed by atoms with van der Waals surface area (Å²) in [6.07, 6.45) is 0.653. The average Bonchev–Trinajstić information content (AvgIpc) is 2.84. The standard InChI is InChI=1S/C12H14ClNO4/c1-2-8(5-15)14-12(16)7-3-9(13)11-10(4-7)17-6-18-11/h3-4,8,15H,2,5-6H2,1H3,(H,14,16)/t8-/m1/s1. The van der Waals surface area contributed by atoms with Crippen molar-refractivity contribution in [3.63, 3.8) is 0 Å². The molecule has 98 valence electrons. The van der Waals surface area contributed by atoms with Crippen LogP contribution in [-0.4, -0.2) is 30.5 Å². The third kappa shape index (κ3) is 2.52. The van der Waals surface area contributed by atoms with Gasteiger partial charge in [0.25, 0.3) is 5.91 Å². The maximum Gasteiger partial charge on any atom is 0.251 e. The number of hydrogen-bond donors (Lipinski definition) is 2. The lowest BCUT2D eigenvalue weighted by molar-refractivity contribution is 0.0914. The van der Waals surface area contributed by atoms with Gasteiger partial charge in [-0.15, -0.1) is 0 Å². The number of amides is 1. The number of halogens is 1. The van der Waals surface area contributed by atoms with Gasteiger partial charge in [-0.2, -0.15) is 0 Å². The van der Waals surface area contributed by atoms with Crippen LogP contribution in [0.1, 0.15) is 23.7 Å². The summed E-state index contributed by atoms with van der Waals surface area (Å²) in [5, 5.41) is 12.1. The normalized spacial score (nSPS) is 14.4. The molecule has 0 bridgehead atoms. The minimum Gasteiger partial charge on any atom is -0.454 e. The predicted octanol–water partition coefficient (Wildman–Crippen LogP) is 1.57. The van der Waals surface area contributed by atoms with Crippen LogP contribution >= 0.6 is 11.6 Å². The third-order valence-corrected chi connectivity index (χ3v) is 3.02. The van der Waals surface area contributed by atoms with Crippen molar-refractivity contribution in [3.8, 4) is 11.5 Å². The van der Waals surface area contributed by atoms with Crippen LogP contribution in [0.3, 0.4) is 0 Å². The number of fused-ring (bicyclic) bond motifs is 1. The highest BCUT2D eigenvalue weighted by molar-refractivity contribution is 6.32. The number of rotatable bonds is 4. The number of carbonyl (C=O) groups is 1. The van der Waals surface area contributed by atoms with Crippen LogP contribution in [0.2, 0.25) is 5.02 Å². The molecule has 0 aliphatic carbocycles. The van der Waals surface area contributed by atoms with E-state index in [4.69, 9.17) is 26.2 Å². The first-order valence-electron chi connectivity index (χ1n) is 5.66. The Morgan fingerprint density at radius 1 is 1.56 bits per heavy atom. The fourth-order valence-electron chi connectivity index (χ4n) is 1.64. The molecule has 0 spiro atoms. The first kappa shape index (κ1) is 13.0. The zero-order chi connectivity index (χ0) is 13.1. The van der Waals surface area contributed by atoms with Gasteiger partial charge in [-0.3, -0.25) is 4.79 Å². The molecule has 0 aromatic heterocycles. The fourth-order valence-corrected chi connectivity index (χ4v) is 1.91. The van der Waals surface area contributed by atoms with Crippen molar-refractivity contribution in [1.82, 2.24) is 5.32 Å². The summed E-state index contributed by atoms with van der Waals surface area (Å²) in [7, 11) is 0. The minimum absolute atomic E-state index is 0.0967. The van der Waals surface area contributed by atoms with Crippen LogP contribution in [0.15, 0.2) is 12.1 Å². The lowest BCUT2D eigenvalue weighted by atomic mass is 10.1. The summed E-state index contributed by atoms with van der Waals surface area (Å²) in [6.45, 7) is 1.89. The Bertz CT molecular complexity index is 460. The van der Waals surface area contributed by atoms with Gasteiger partial charge in [-0.05, 0) is 18.6 Å². The molecule has 5 nitrogen and oxygen atoms in total. The van der Waals surface area contributed by atoms with Crippen molar-refractivity contribution >= 4 is 17.5 Å². The molecule has 0 radical (unpaired) electrons. The maximum atomic E-state index is 11.9. The molecular formula is C12H14ClNO4. The SMILES string of the molecule is CC[C@H](CO)NC(=O)c1cc(Cl)c2c(c1)OCO2. The van der Waals surface area contributed by atoms with E-state index in [0.29, 0.717) is 28.5 Å². The second kappa shape index (κ2) is 5.46. The van der Waals surface area contributed by atoms with Crippen LogP contribution in [0, 0.1) is 0 Å². The second-order valence-electron chi connectivity index (χ2n) is 3.95. The Labute approximate surface area is 110 Å². The summed E-state index contributed by atoms with van der Waals surface area (Å²) >= 11 is 5.99. The highest BCUT2D eigenvalue weighted by Crippen LogP contribution is 2.39. The van der Waals surface area contributed by atoms with Gasteiger partial charge in [0.15, 0.2) is 11.5 Å². The molecule has 6 heteroatoms. The first-order valence-corrected chi connectivity index (χ1v) is 6.04. The van der Waals surface area contributed by atoms with Gasteiger partial charge in [0.05, 0.1) is 17.7 Å². The van der Waals surface area contributed by atoms with Crippen molar-refractivity contribution in [2.75, 3.05) is 13.4 Å². The summed E-state index contributed by atoms with van der Waals surface area (Å²) in [6, 6.07) is 2.84. The van der Waals surface area contributed by atoms with E-state index in [-0.39, 0.29) is 25.3 Å². The molecule has 0 saturated heterocycles. The van der Waals surface area contributed by atoms with Crippen LogP contribution in [0.4, 0.5) is 0 Å². The van der Waals surface area contributed by atoms with Crippen molar-refractivity contribution in [1.29, 1.82) is 0 Å². The van der Waals surface area contributed by atoms with Gasteiger partial charge in [-0.1, -0.05) is 18.5 Å². The molecule has 0 fully saturated rings. The van der Waals surface area contributed by atoms with E-state index in [1.807, 2.05) is 6.92 Å². The number of nitrogens with one attached hydrogen (secondary N) is 1.